The number of aromatic carboxylic acids is 1. The summed E-state index contributed by atoms with van der Waals surface area (Å²) in [4.78, 5) is 48.4. The highest BCUT2D eigenvalue weighted by atomic mass is 19.1. The molecule has 0 radical (unpaired) electrons. The first-order chi connectivity index (χ1) is 51.9. The summed E-state index contributed by atoms with van der Waals surface area (Å²) in [6.07, 6.45) is 7.48. The number of carboxylic acid groups (broad SMARTS) is 1. The Labute approximate surface area is 627 Å². The van der Waals surface area contributed by atoms with Crippen molar-refractivity contribution in [2.45, 2.75) is 123 Å². The van der Waals surface area contributed by atoms with Gasteiger partial charge in [-0.2, -0.15) is 15.3 Å². The van der Waals surface area contributed by atoms with Gasteiger partial charge in [0.05, 0.1) is 66.3 Å². The third-order valence-electron chi connectivity index (χ3n) is 18.7. The second kappa shape index (κ2) is 39.3. The molecule has 0 bridgehead atoms. The summed E-state index contributed by atoms with van der Waals surface area (Å²) in [6, 6.07) is 41.6. The summed E-state index contributed by atoms with van der Waals surface area (Å²) in [5.74, 6) is 3.59. The lowest BCUT2D eigenvalue weighted by molar-refractivity contribution is 0.0682. The molecule has 3 fully saturated rings. The molecule has 3 aromatic heterocycles. The summed E-state index contributed by atoms with van der Waals surface area (Å²) < 4.78 is 89.9. The Hall–Kier alpha value is -11.3. The molecular formula is C83H96F4N10O11. The van der Waals surface area contributed by atoms with E-state index in [1.807, 2.05) is 78.9 Å². The molecule has 0 atom stereocenters. The van der Waals surface area contributed by atoms with Gasteiger partial charge < -0.3 is 54.8 Å². The van der Waals surface area contributed by atoms with Gasteiger partial charge >= 0.3 is 5.97 Å². The van der Waals surface area contributed by atoms with Crippen molar-refractivity contribution >= 4 is 24.1 Å². The third kappa shape index (κ3) is 22.6. The minimum Gasteiger partial charge on any atom is -0.497 e. The largest absolute Gasteiger partial charge is 0.497 e. The molecule has 108 heavy (non-hydrogen) atoms. The van der Waals surface area contributed by atoms with Crippen LogP contribution < -0.4 is 44.8 Å². The van der Waals surface area contributed by atoms with Crippen molar-refractivity contribution in [1.29, 1.82) is 0 Å². The van der Waals surface area contributed by atoms with Crippen molar-refractivity contribution in [2.24, 2.45) is 26.9 Å². The van der Waals surface area contributed by atoms with E-state index in [4.69, 9.17) is 39.3 Å². The molecule has 2 amide bonds. The number of nitrogens with two attached hydrogens (primary N) is 1. The number of aryl methyl sites for hydroxylation is 3. The molecule has 10 aromatic rings. The van der Waals surface area contributed by atoms with Crippen LogP contribution in [0.5, 0.6) is 34.5 Å². The van der Waals surface area contributed by atoms with Gasteiger partial charge in [-0.1, -0.05) is 60.7 Å². The van der Waals surface area contributed by atoms with Crippen LogP contribution in [0.1, 0.15) is 171 Å². The fourth-order valence-electron chi connectivity index (χ4n) is 11.5. The zero-order valence-corrected chi connectivity index (χ0v) is 63.4. The molecule has 5 N–H and O–H groups in total. The number of amides is 2. The monoisotopic (exact) mass is 1480 g/mol. The Balaban J connectivity index is 0.000000171. The van der Waals surface area contributed by atoms with E-state index >= 15 is 0 Å². The van der Waals surface area contributed by atoms with E-state index in [1.165, 1.54) is 35.0 Å². The van der Waals surface area contributed by atoms with Crippen LogP contribution in [-0.2, 0) is 60.4 Å². The SMILES string of the molecule is COc1ccc(CN(Cc2cccc(F)c2C)C(=O)c2cc(C3CC3)nn2C)c(OC)c1.COc1ccc(CN)c(OC)c1.COc1ccc(CNCc2cccc(F)c2C)c(OC)c1.Cc1c(F)cccc1C=O.Cc1c(F)cccc1CNC(=O)c1cc(C2CC2)nn1C.Cn1nc(C2CC2)cc1C(=O)O. The first-order valence-electron chi connectivity index (χ1n) is 35.3. The summed E-state index contributed by atoms with van der Waals surface area (Å²) in [5.41, 5.74) is 17.7. The number of halogens is 4. The van der Waals surface area contributed by atoms with Crippen molar-refractivity contribution in [1.82, 2.24) is 44.9 Å². The van der Waals surface area contributed by atoms with Crippen LogP contribution in [0.4, 0.5) is 17.6 Å². The molecule has 3 aliphatic carbocycles. The Kier molecular flexibility index (Phi) is 30.0. The third-order valence-corrected chi connectivity index (χ3v) is 18.7. The standard InChI is InChI=1S/C25H28FN3O3.C17H20FNO2.C16H18FN3O.C9H13NO2.C8H7FO.C8H10N2O2/c1-16-18(6-5-7-21(16)26)14-29(15-19-10-11-20(31-3)12-24(19)32-4)25(30)23-13-22(17-8-9-17)27-28(23)2;1-12-13(5-4-6-16(12)18)10-19-11-14-7-8-15(20-2)9-17(14)21-3;1-10-12(4-3-5-13(10)17)9-18-16(21)15-8-14(11-6-7-11)19-20(15)2;1-11-8-4-3-7(6-10)9(5-8)12-2;1-6-7(5-10)3-2-4-8(6)9;1-10-7(8(11)12)4-6(9-10)5-2-3-5/h5-7,10-13,17H,8-9,14-15H2,1-4H3;4-9,19H,10-11H2,1-3H3;3-5,8,11H,6-7,9H2,1-2H3,(H,18,21);3-5H,6,10H2,1-2H3;2-5H,1H3;4-5H,2-3H2,1H3,(H,11,12). The van der Waals surface area contributed by atoms with Gasteiger partial charge in [0.25, 0.3) is 11.8 Å². The average Bonchev–Trinajstić information content (AvgIpc) is 1.62. The number of rotatable bonds is 24. The summed E-state index contributed by atoms with van der Waals surface area (Å²) in [7, 11) is 14.9. The fourth-order valence-corrected chi connectivity index (χ4v) is 11.5. The van der Waals surface area contributed by atoms with Gasteiger partial charge in [-0.25, -0.2) is 22.4 Å². The molecule has 3 aliphatic rings. The number of aromatic nitrogens is 6. The molecule has 13 rings (SSSR count). The van der Waals surface area contributed by atoms with Crippen LogP contribution in [0.3, 0.4) is 0 Å². The number of carbonyl (C=O) groups excluding carboxylic acids is 3. The van der Waals surface area contributed by atoms with Crippen LogP contribution >= 0.6 is 0 Å². The zero-order chi connectivity index (χ0) is 78.3. The predicted octanol–water partition coefficient (Wildman–Crippen LogP) is 14.8. The minimum absolute atomic E-state index is 0.159. The normalized spacial score (nSPS) is 12.5. The Morgan fingerprint density at radius 1 is 0.472 bits per heavy atom. The summed E-state index contributed by atoms with van der Waals surface area (Å²) >= 11 is 0. The average molecular weight is 1490 g/mol. The maximum atomic E-state index is 14.2. The number of carbonyl (C=O) groups is 4. The molecule has 0 saturated heterocycles. The van der Waals surface area contributed by atoms with Crippen molar-refractivity contribution < 1.29 is 70.3 Å². The second-order valence-corrected chi connectivity index (χ2v) is 26.2. The van der Waals surface area contributed by atoms with Gasteiger partial charge in [0.15, 0.2) is 0 Å². The summed E-state index contributed by atoms with van der Waals surface area (Å²) in [6.45, 7) is 9.43. The van der Waals surface area contributed by atoms with Crippen molar-refractivity contribution in [3.63, 3.8) is 0 Å². The number of carboxylic acids is 1. The van der Waals surface area contributed by atoms with Crippen LogP contribution in [-0.4, -0.2) is 106 Å². The van der Waals surface area contributed by atoms with Crippen molar-refractivity contribution in [2.75, 3.05) is 42.7 Å². The maximum absolute atomic E-state index is 14.2. The molecule has 0 unspecified atom stereocenters. The van der Waals surface area contributed by atoms with Gasteiger partial charge in [-0.05, 0) is 172 Å². The molecule has 572 valence electrons. The first kappa shape index (κ1) is 82.3. The lowest BCUT2D eigenvalue weighted by atomic mass is 10.1. The molecule has 21 nitrogen and oxygen atoms in total. The van der Waals surface area contributed by atoms with E-state index in [1.54, 1.807) is 142 Å². The van der Waals surface area contributed by atoms with Gasteiger partial charge in [-0.3, -0.25) is 28.4 Å². The lowest BCUT2D eigenvalue weighted by Crippen LogP contribution is -2.32. The first-order valence-corrected chi connectivity index (χ1v) is 35.3. The van der Waals surface area contributed by atoms with Crippen LogP contribution in [0.15, 0.2) is 146 Å². The number of methoxy groups -OCH3 is 6. The van der Waals surface area contributed by atoms with Crippen LogP contribution in [0.25, 0.3) is 0 Å². The van der Waals surface area contributed by atoms with E-state index in [-0.39, 0.29) is 47.3 Å². The molecule has 3 saturated carbocycles. The zero-order valence-electron chi connectivity index (χ0n) is 63.4. The smallest absolute Gasteiger partial charge is 0.354 e. The fraction of sp³-hybridized carbons (Fsp3) is 0.337. The van der Waals surface area contributed by atoms with Crippen molar-refractivity contribution in [3.8, 4) is 34.5 Å². The molecule has 0 aliphatic heterocycles. The Morgan fingerprint density at radius 2 is 0.843 bits per heavy atom. The van der Waals surface area contributed by atoms with E-state index < -0.39 is 5.97 Å². The number of nitrogens with zero attached hydrogens (tertiary/aromatic N) is 7. The maximum Gasteiger partial charge on any atom is 0.354 e. The lowest BCUT2D eigenvalue weighted by Gasteiger charge is -2.25. The number of aldehydes is 1. The van der Waals surface area contributed by atoms with Crippen LogP contribution in [0.2, 0.25) is 0 Å². The van der Waals surface area contributed by atoms with Gasteiger partial charge in [0, 0.05) is 112 Å². The number of ether oxygens (including phenoxy) is 6. The van der Waals surface area contributed by atoms with Gasteiger partial charge in [0.1, 0.15) is 81.1 Å². The highest BCUT2D eigenvalue weighted by molar-refractivity contribution is 5.93. The van der Waals surface area contributed by atoms with E-state index in [0.717, 1.165) is 112 Å². The van der Waals surface area contributed by atoms with Gasteiger partial charge in [-0.15, -0.1) is 0 Å². The molecule has 3 heterocycles. The van der Waals surface area contributed by atoms with E-state index in [2.05, 4.69) is 25.9 Å². The van der Waals surface area contributed by atoms with Crippen molar-refractivity contribution in [3.05, 3.63) is 264 Å². The molecule has 7 aromatic carbocycles. The molecule has 25 heteroatoms. The second-order valence-electron chi connectivity index (χ2n) is 26.2. The number of benzene rings is 7. The van der Waals surface area contributed by atoms with E-state index in [0.29, 0.717) is 107 Å². The Morgan fingerprint density at radius 3 is 1.28 bits per heavy atom. The summed E-state index contributed by atoms with van der Waals surface area (Å²) in [5, 5.41) is 27.9. The molecule has 0 spiro atoms. The minimum atomic E-state index is -0.906. The highest BCUT2D eigenvalue weighted by Crippen LogP contribution is 2.41. The molecular weight excluding hydrogens is 1390 g/mol. The predicted molar refractivity (Wildman–Crippen MR) is 404 cm³/mol. The highest BCUT2D eigenvalue weighted by Gasteiger charge is 2.32. The topological polar surface area (TPSA) is 251 Å². The Bertz CT molecular complexity index is 4720. The number of nitrogens with one attached hydrogen (secondary N) is 2. The quantitative estimate of drug-likeness (QED) is 0.0324. The van der Waals surface area contributed by atoms with E-state index in [9.17, 15) is 36.7 Å². The van der Waals surface area contributed by atoms with Crippen LogP contribution in [0, 0.1) is 51.0 Å². The van der Waals surface area contributed by atoms with Gasteiger partial charge in [0.2, 0.25) is 0 Å². The number of hydrogen-bond acceptors (Lipinski definition) is 15. The number of hydrogen-bond donors (Lipinski definition) is 4.